The van der Waals surface area contributed by atoms with Crippen LogP contribution in [0.3, 0.4) is 0 Å². The molecule has 0 unspecified atom stereocenters. The number of nitrogens with two attached hydrogens (primary N) is 1. The molecule has 2 N–H and O–H groups in total. The van der Waals surface area contributed by atoms with Gasteiger partial charge < -0.3 is 10.5 Å². The lowest BCUT2D eigenvalue weighted by Gasteiger charge is -2.10. The predicted molar refractivity (Wildman–Crippen MR) is 81.7 cm³/mol. The Morgan fingerprint density at radius 2 is 1.85 bits per heavy atom. The van der Waals surface area contributed by atoms with Gasteiger partial charge in [-0.05, 0) is 28.1 Å². The van der Waals surface area contributed by atoms with Crippen molar-refractivity contribution in [1.82, 2.24) is 0 Å². The van der Waals surface area contributed by atoms with Gasteiger partial charge in [-0.15, -0.1) is 0 Å². The molecule has 0 heterocycles. The molecule has 0 saturated carbocycles. The number of hydrogen-bond acceptors (Lipinski definition) is 4. The van der Waals surface area contributed by atoms with Crippen molar-refractivity contribution in [2.45, 2.75) is 0 Å². The highest BCUT2D eigenvalue weighted by molar-refractivity contribution is 9.10. The normalized spacial score (nSPS) is 10.3. The van der Waals surface area contributed by atoms with Crippen LogP contribution in [0.25, 0.3) is 0 Å². The lowest BCUT2D eigenvalue weighted by Crippen LogP contribution is -1.95. The molecule has 2 aromatic rings. The van der Waals surface area contributed by atoms with Crippen molar-refractivity contribution in [1.29, 1.82) is 0 Å². The van der Waals surface area contributed by atoms with Crippen molar-refractivity contribution >= 4 is 50.5 Å². The van der Waals surface area contributed by atoms with E-state index >= 15 is 0 Å². The lowest BCUT2D eigenvalue weighted by molar-refractivity contribution is -0.384. The molecule has 5 nitrogen and oxygen atoms in total. The summed E-state index contributed by atoms with van der Waals surface area (Å²) in [5.41, 5.74) is 5.73. The van der Waals surface area contributed by atoms with E-state index in [1.54, 1.807) is 6.07 Å². The van der Waals surface area contributed by atoms with Crippen LogP contribution in [-0.2, 0) is 0 Å². The monoisotopic (exact) mass is 376 g/mol. The van der Waals surface area contributed by atoms with Gasteiger partial charge in [0.1, 0.15) is 5.75 Å². The smallest absolute Gasteiger partial charge is 0.271 e. The van der Waals surface area contributed by atoms with Gasteiger partial charge >= 0.3 is 0 Å². The molecule has 0 atom stereocenters. The topological polar surface area (TPSA) is 78.4 Å². The van der Waals surface area contributed by atoms with Crippen LogP contribution in [0.2, 0.25) is 10.0 Å². The second-order valence-electron chi connectivity index (χ2n) is 3.78. The molecule has 0 radical (unpaired) electrons. The van der Waals surface area contributed by atoms with E-state index in [0.29, 0.717) is 20.3 Å². The summed E-state index contributed by atoms with van der Waals surface area (Å²) in [5, 5.41) is 11.4. The fourth-order valence-corrected chi connectivity index (χ4v) is 2.27. The SMILES string of the molecule is Nc1cc([N+](=O)[O-])ccc1Oc1cc(Cl)c(Br)cc1Cl. The Morgan fingerprint density at radius 3 is 2.45 bits per heavy atom. The maximum Gasteiger partial charge on any atom is 0.271 e. The molecule has 0 aliphatic carbocycles. The van der Waals surface area contributed by atoms with Crippen molar-refractivity contribution in [3.8, 4) is 11.5 Å². The highest BCUT2D eigenvalue weighted by Gasteiger charge is 2.13. The fourth-order valence-electron chi connectivity index (χ4n) is 1.44. The molecule has 0 spiro atoms. The maximum absolute atomic E-state index is 10.6. The highest BCUT2D eigenvalue weighted by Crippen LogP contribution is 2.38. The Labute approximate surface area is 132 Å². The predicted octanol–water partition coefficient (Wildman–Crippen LogP) is 5.04. The zero-order chi connectivity index (χ0) is 14.9. The largest absolute Gasteiger partial charge is 0.454 e. The molecule has 0 saturated heterocycles. The maximum atomic E-state index is 10.6. The molecule has 20 heavy (non-hydrogen) atoms. The molecule has 0 amide bonds. The van der Waals surface area contributed by atoms with Gasteiger partial charge in [-0.1, -0.05) is 23.2 Å². The van der Waals surface area contributed by atoms with Crippen LogP contribution in [-0.4, -0.2) is 4.92 Å². The van der Waals surface area contributed by atoms with E-state index < -0.39 is 4.92 Å². The molecule has 0 aliphatic rings. The number of nitrogens with zero attached hydrogens (tertiary/aromatic N) is 1. The number of hydrogen-bond donors (Lipinski definition) is 1. The minimum atomic E-state index is -0.538. The van der Waals surface area contributed by atoms with Gasteiger partial charge in [-0.2, -0.15) is 0 Å². The summed E-state index contributed by atoms with van der Waals surface area (Å²) in [5.74, 6) is 0.566. The number of halogens is 3. The molecule has 104 valence electrons. The first kappa shape index (κ1) is 14.9. The second kappa shape index (κ2) is 5.87. The van der Waals surface area contributed by atoms with Crippen LogP contribution in [0, 0.1) is 10.1 Å². The van der Waals surface area contributed by atoms with Gasteiger partial charge in [0.25, 0.3) is 5.69 Å². The summed E-state index contributed by atoms with van der Waals surface area (Å²) in [6.07, 6.45) is 0. The van der Waals surface area contributed by atoms with E-state index in [4.69, 9.17) is 33.7 Å². The Morgan fingerprint density at radius 1 is 1.15 bits per heavy atom. The first-order valence-corrected chi connectivity index (χ1v) is 6.79. The van der Waals surface area contributed by atoms with Crippen LogP contribution in [0.5, 0.6) is 11.5 Å². The summed E-state index contributed by atoms with van der Waals surface area (Å²) in [4.78, 5) is 10.1. The average Bonchev–Trinajstić information content (AvgIpc) is 2.37. The standard InChI is InChI=1S/C12H7BrCl2N2O3/c13-7-4-9(15)12(5-8(7)14)20-11-2-1-6(17(18)19)3-10(11)16/h1-5H,16H2. The first-order chi connectivity index (χ1) is 9.38. The van der Waals surface area contributed by atoms with Crippen LogP contribution in [0.4, 0.5) is 11.4 Å². The van der Waals surface area contributed by atoms with Crippen molar-refractivity contribution in [3.63, 3.8) is 0 Å². The molecule has 0 aromatic heterocycles. The van der Waals surface area contributed by atoms with E-state index in [0.717, 1.165) is 0 Å². The van der Waals surface area contributed by atoms with Crippen LogP contribution in [0.1, 0.15) is 0 Å². The number of anilines is 1. The summed E-state index contributed by atoms with van der Waals surface area (Å²) in [6.45, 7) is 0. The summed E-state index contributed by atoms with van der Waals surface area (Å²) in [6, 6.07) is 7.01. The van der Waals surface area contributed by atoms with Crippen molar-refractivity contribution in [3.05, 3.63) is 55.0 Å². The number of non-ortho nitro benzene ring substituents is 1. The number of nitro groups is 1. The van der Waals surface area contributed by atoms with Gasteiger partial charge in [0.2, 0.25) is 0 Å². The Hall–Kier alpha value is -1.50. The molecule has 2 aromatic carbocycles. The summed E-state index contributed by atoms with van der Waals surface area (Å²) < 4.78 is 6.16. The van der Waals surface area contributed by atoms with E-state index in [9.17, 15) is 10.1 Å². The molecular formula is C12H7BrCl2N2O3. The minimum absolute atomic E-state index is 0.116. The van der Waals surface area contributed by atoms with E-state index in [-0.39, 0.29) is 17.1 Å². The average molecular weight is 378 g/mol. The van der Waals surface area contributed by atoms with Crippen LogP contribution in [0.15, 0.2) is 34.8 Å². The molecule has 0 aliphatic heterocycles. The summed E-state index contributed by atoms with van der Waals surface area (Å²) >= 11 is 15.2. The summed E-state index contributed by atoms with van der Waals surface area (Å²) in [7, 11) is 0. The third-order valence-electron chi connectivity index (χ3n) is 2.40. The zero-order valence-electron chi connectivity index (χ0n) is 9.77. The van der Waals surface area contributed by atoms with Gasteiger partial charge in [0.05, 0.1) is 20.7 Å². The Bertz CT molecular complexity index is 695. The molecule has 0 bridgehead atoms. The Balaban J connectivity index is 2.35. The van der Waals surface area contributed by atoms with Gasteiger partial charge in [0.15, 0.2) is 5.75 Å². The molecule has 2 rings (SSSR count). The third-order valence-corrected chi connectivity index (χ3v) is 3.89. The van der Waals surface area contributed by atoms with Crippen molar-refractivity contribution < 1.29 is 9.66 Å². The first-order valence-electron chi connectivity index (χ1n) is 5.25. The number of benzene rings is 2. The minimum Gasteiger partial charge on any atom is -0.454 e. The van der Waals surface area contributed by atoms with E-state index in [2.05, 4.69) is 15.9 Å². The van der Waals surface area contributed by atoms with Gasteiger partial charge in [0, 0.05) is 22.7 Å². The number of ether oxygens (including phenoxy) is 1. The van der Waals surface area contributed by atoms with E-state index in [1.807, 2.05) is 0 Å². The third kappa shape index (κ3) is 3.15. The second-order valence-corrected chi connectivity index (χ2v) is 5.45. The molecular weight excluding hydrogens is 371 g/mol. The van der Waals surface area contributed by atoms with Gasteiger partial charge in [-0.25, -0.2) is 0 Å². The zero-order valence-corrected chi connectivity index (χ0v) is 12.9. The van der Waals surface area contributed by atoms with Crippen molar-refractivity contribution in [2.75, 3.05) is 5.73 Å². The lowest BCUT2D eigenvalue weighted by atomic mass is 10.2. The van der Waals surface area contributed by atoms with Crippen LogP contribution < -0.4 is 10.5 Å². The fraction of sp³-hybridized carbons (Fsp3) is 0. The Kier molecular flexibility index (Phi) is 4.37. The van der Waals surface area contributed by atoms with E-state index in [1.165, 1.54) is 24.3 Å². The quantitative estimate of drug-likeness (QED) is 0.351. The van der Waals surface area contributed by atoms with Crippen LogP contribution >= 0.6 is 39.1 Å². The highest BCUT2D eigenvalue weighted by atomic mass is 79.9. The molecule has 0 fully saturated rings. The number of nitro benzene ring substituents is 1. The van der Waals surface area contributed by atoms with Gasteiger partial charge in [-0.3, -0.25) is 10.1 Å². The number of nitrogen functional groups attached to an aromatic ring is 1. The molecule has 8 heteroatoms. The van der Waals surface area contributed by atoms with Crippen molar-refractivity contribution in [2.24, 2.45) is 0 Å². The number of rotatable bonds is 3.